The number of rotatable bonds is 3. The van der Waals surface area contributed by atoms with Crippen LogP contribution in [0.2, 0.25) is 0 Å². The van der Waals surface area contributed by atoms with Gasteiger partial charge in [-0.2, -0.15) is 0 Å². The summed E-state index contributed by atoms with van der Waals surface area (Å²) in [6, 6.07) is 1.45. The zero-order chi connectivity index (χ0) is 15.0. The van der Waals surface area contributed by atoms with Crippen molar-refractivity contribution < 1.29 is 8.42 Å². The standard InChI is InChI=1S/C13H20BrN3O2S/c1-13(2)5-3-4-10(7-13)17-20(18,19)11-6-9(14)8-16-12(11)15/h6,8,10,17H,3-5,7H2,1-2H3,(H2,15,16). The van der Waals surface area contributed by atoms with Crippen LogP contribution in [0.4, 0.5) is 5.82 Å². The molecular formula is C13H20BrN3O2S. The second-order valence-electron chi connectivity index (χ2n) is 6.12. The number of nitrogens with two attached hydrogens (primary N) is 1. The lowest BCUT2D eigenvalue weighted by Crippen LogP contribution is -2.40. The van der Waals surface area contributed by atoms with Crippen molar-refractivity contribution in [3.63, 3.8) is 0 Å². The van der Waals surface area contributed by atoms with Crippen LogP contribution >= 0.6 is 15.9 Å². The highest BCUT2D eigenvalue weighted by atomic mass is 79.9. The number of nitrogens with zero attached hydrogens (tertiary/aromatic N) is 1. The fourth-order valence-corrected chi connectivity index (χ4v) is 4.59. The molecule has 7 heteroatoms. The van der Waals surface area contributed by atoms with Crippen LogP contribution in [0, 0.1) is 5.41 Å². The molecule has 0 spiro atoms. The van der Waals surface area contributed by atoms with Gasteiger partial charge < -0.3 is 5.73 Å². The Labute approximate surface area is 128 Å². The van der Waals surface area contributed by atoms with Gasteiger partial charge in [-0.1, -0.05) is 20.3 Å². The topological polar surface area (TPSA) is 85.1 Å². The van der Waals surface area contributed by atoms with Gasteiger partial charge in [-0.15, -0.1) is 0 Å². The summed E-state index contributed by atoms with van der Waals surface area (Å²) in [5.74, 6) is 0.0239. The normalized spacial score (nSPS) is 22.6. The molecule has 2 rings (SSSR count). The van der Waals surface area contributed by atoms with Gasteiger partial charge in [0.25, 0.3) is 0 Å². The molecule has 5 nitrogen and oxygen atoms in total. The first-order valence-electron chi connectivity index (χ1n) is 6.63. The maximum absolute atomic E-state index is 12.4. The third-order valence-electron chi connectivity index (χ3n) is 3.66. The van der Waals surface area contributed by atoms with Crippen molar-refractivity contribution in [3.05, 3.63) is 16.7 Å². The number of nitrogens with one attached hydrogen (secondary N) is 1. The van der Waals surface area contributed by atoms with Gasteiger partial charge in [0, 0.05) is 16.7 Å². The fourth-order valence-electron chi connectivity index (χ4n) is 2.73. The summed E-state index contributed by atoms with van der Waals surface area (Å²) in [7, 11) is -3.63. The third-order valence-corrected chi connectivity index (χ3v) is 5.65. The number of aromatic nitrogens is 1. The minimum absolute atomic E-state index is 0.0239. The number of anilines is 1. The highest BCUT2D eigenvalue weighted by Crippen LogP contribution is 2.35. The maximum Gasteiger partial charge on any atom is 0.244 e. The lowest BCUT2D eigenvalue weighted by atomic mass is 9.75. The number of nitrogen functional groups attached to an aromatic ring is 1. The van der Waals surface area contributed by atoms with Gasteiger partial charge in [0.15, 0.2) is 0 Å². The number of halogens is 1. The van der Waals surface area contributed by atoms with Crippen molar-refractivity contribution in [1.82, 2.24) is 9.71 Å². The summed E-state index contributed by atoms with van der Waals surface area (Å²) in [5, 5.41) is 0. The summed E-state index contributed by atoms with van der Waals surface area (Å²) in [6.07, 6.45) is 5.36. The van der Waals surface area contributed by atoms with E-state index in [0.717, 1.165) is 25.7 Å². The molecule has 0 aliphatic heterocycles. The highest BCUT2D eigenvalue weighted by molar-refractivity contribution is 9.10. The largest absolute Gasteiger partial charge is 0.383 e. The quantitative estimate of drug-likeness (QED) is 0.866. The van der Waals surface area contributed by atoms with E-state index in [-0.39, 0.29) is 22.2 Å². The van der Waals surface area contributed by atoms with Crippen LogP contribution in [0.1, 0.15) is 39.5 Å². The van der Waals surface area contributed by atoms with Gasteiger partial charge in [0.05, 0.1) is 0 Å². The minimum Gasteiger partial charge on any atom is -0.383 e. The predicted molar refractivity (Wildman–Crippen MR) is 82.7 cm³/mol. The Kier molecular flexibility index (Phi) is 4.41. The first-order chi connectivity index (χ1) is 9.20. The lowest BCUT2D eigenvalue weighted by Gasteiger charge is -2.35. The minimum atomic E-state index is -3.63. The molecule has 3 N–H and O–H groups in total. The maximum atomic E-state index is 12.4. The average molecular weight is 362 g/mol. The van der Waals surface area contributed by atoms with Gasteiger partial charge in [-0.25, -0.2) is 18.1 Å². The number of sulfonamides is 1. The van der Waals surface area contributed by atoms with Crippen LogP contribution in [0.5, 0.6) is 0 Å². The zero-order valence-corrected chi connectivity index (χ0v) is 14.1. The number of hydrogen-bond donors (Lipinski definition) is 2. The summed E-state index contributed by atoms with van der Waals surface area (Å²) in [4.78, 5) is 3.92. The van der Waals surface area contributed by atoms with Crippen LogP contribution in [-0.2, 0) is 10.0 Å². The molecule has 1 aromatic rings. The Bertz CT molecular complexity index is 602. The number of hydrogen-bond acceptors (Lipinski definition) is 4. The number of pyridine rings is 1. The molecule has 1 heterocycles. The van der Waals surface area contributed by atoms with Crippen LogP contribution in [0.15, 0.2) is 21.6 Å². The fraction of sp³-hybridized carbons (Fsp3) is 0.615. The van der Waals surface area contributed by atoms with E-state index in [1.807, 2.05) is 0 Å². The molecule has 1 saturated carbocycles. The Morgan fingerprint density at radius 3 is 2.85 bits per heavy atom. The molecule has 1 aliphatic carbocycles. The zero-order valence-electron chi connectivity index (χ0n) is 11.7. The Morgan fingerprint density at radius 1 is 1.50 bits per heavy atom. The summed E-state index contributed by atoms with van der Waals surface area (Å²) < 4.78 is 28.2. The van der Waals surface area contributed by atoms with Gasteiger partial charge >= 0.3 is 0 Å². The molecule has 0 saturated heterocycles. The van der Waals surface area contributed by atoms with E-state index in [0.29, 0.717) is 4.47 Å². The van der Waals surface area contributed by atoms with E-state index in [1.165, 1.54) is 12.3 Å². The first kappa shape index (κ1) is 15.7. The van der Waals surface area contributed by atoms with E-state index < -0.39 is 10.0 Å². The molecule has 20 heavy (non-hydrogen) atoms. The molecule has 0 aromatic carbocycles. The second-order valence-corrected chi connectivity index (χ2v) is 8.71. The van der Waals surface area contributed by atoms with Gasteiger partial charge in [-0.05, 0) is 46.7 Å². The van der Waals surface area contributed by atoms with E-state index in [2.05, 4.69) is 39.5 Å². The van der Waals surface area contributed by atoms with Crippen LogP contribution < -0.4 is 10.5 Å². The Hall–Kier alpha value is -0.660. The van der Waals surface area contributed by atoms with Crippen molar-refractivity contribution in [2.75, 3.05) is 5.73 Å². The summed E-state index contributed by atoms with van der Waals surface area (Å²) in [5.41, 5.74) is 5.86. The van der Waals surface area contributed by atoms with Crippen molar-refractivity contribution >= 4 is 31.8 Å². The second kappa shape index (κ2) is 5.61. The SMILES string of the molecule is CC1(C)CCCC(NS(=O)(=O)c2cc(Br)cnc2N)C1. The van der Waals surface area contributed by atoms with E-state index >= 15 is 0 Å². The molecule has 1 aromatic heterocycles. The van der Waals surface area contributed by atoms with Gasteiger partial charge in [-0.3, -0.25) is 0 Å². The van der Waals surface area contributed by atoms with Crippen LogP contribution in [-0.4, -0.2) is 19.4 Å². The first-order valence-corrected chi connectivity index (χ1v) is 8.91. The van der Waals surface area contributed by atoms with E-state index in [1.54, 1.807) is 0 Å². The molecular weight excluding hydrogens is 342 g/mol. The molecule has 1 aliphatic rings. The average Bonchev–Trinajstić information content (AvgIpc) is 2.30. The summed E-state index contributed by atoms with van der Waals surface area (Å²) in [6.45, 7) is 4.34. The monoisotopic (exact) mass is 361 g/mol. The van der Waals surface area contributed by atoms with E-state index in [9.17, 15) is 8.42 Å². The smallest absolute Gasteiger partial charge is 0.244 e. The van der Waals surface area contributed by atoms with Crippen molar-refractivity contribution in [3.8, 4) is 0 Å². The molecule has 1 atom stereocenters. The van der Waals surface area contributed by atoms with Crippen LogP contribution in [0.3, 0.4) is 0 Å². The van der Waals surface area contributed by atoms with Crippen molar-refractivity contribution in [2.24, 2.45) is 5.41 Å². The molecule has 0 amide bonds. The third kappa shape index (κ3) is 3.71. The lowest BCUT2D eigenvalue weighted by molar-refractivity contribution is 0.212. The van der Waals surface area contributed by atoms with Gasteiger partial charge in [0.2, 0.25) is 10.0 Å². The van der Waals surface area contributed by atoms with Crippen molar-refractivity contribution in [1.29, 1.82) is 0 Å². The predicted octanol–water partition coefficient (Wildman–Crippen LogP) is 2.67. The van der Waals surface area contributed by atoms with Gasteiger partial charge in [0.1, 0.15) is 10.7 Å². The highest BCUT2D eigenvalue weighted by Gasteiger charge is 2.31. The van der Waals surface area contributed by atoms with E-state index in [4.69, 9.17) is 5.73 Å². The molecule has 1 fully saturated rings. The molecule has 0 radical (unpaired) electrons. The van der Waals surface area contributed by atoms with Crippen molar-refractivity contribution in [2.45, 2.75) is 50.5 Å². The Morgan fingerprint density at radius 2 is 2.20 bits per heavy atom. The van der Waals surface area contributed by atoms with Crippen LogP contribution in [0.25, 0.3) is 0 Å². The molecule has 112 valence electrons. The summed E-state index contributed by atoms with van der Waals surface area (Å²) >= 11 is 3.22. The molecule has 1 unspecified atom stereocenters. The Balaban J connectivity index is 2.21. The molecule has 0 bridgehead atoms.